The van der Waals surface area contributed by atoms with Gasteiger partial charge in [-0.15, -0.1) is 10.2 Å². The minimum absolute atomic E-state index is 0.0151. The molecule has 0 aliphatic heterocycles. The summed E-state index contributed by atoms with van der Waals surface area (Å²) in [6.45, 7) is 9.13. The summed E-state index contributed by atoms with van der Waals surface area (Å²) in [6.07, 6.45) is 0.554. The van der Waals surface area contributed by atoms with Crippen LogP contribution in [0, 0.1) is 0 Å². The number of ether oxygens (including phenoxy) is 1. The largest absolute Gasteiger partial charge is 0.483 e. The number of nitrogens with one attached hydrogen (secondary N) is 1. The maximum atomic E-state index is 12.2. The number of carbonyl (C=O) groups is 1. The lowest BCUT2D eigenvalue weighted by Gasteiger charge is -2.20. The Kier molecular flexibility index (Phi) is 7.96. The van der Waals surface area contributed by atoms with Gasteiger partial charge in [0.1, 0.15) is 5.75 Å². The number of rotatable bonds is 9. The molecule has 6 nitrogen and oxygen atoms in total. The number of hydrogen-bond donors (Lipinski definition) is 1. The Morgan fingerprint density at radius 1 is 1.09 bits per heavy atom. The molecule has 1 amide bonds. The first kappa shape index (κ1) is 23.9. The van der Waals surface area contributed by atoms with Crippen molar-refractivity contribution in [1.29, 1.82) is 0 Å². The summed E-state index contributed by atoms with van der Waals surface area (Å²) in [7, 11) is 1.90. The highest BCUT2D eigenvalue weighted by Crippen LogP contribution is 2.27. The minimum Gasteiger partial charge on any atom is -0.483 e. The van der Waals surface area contributed by atoms with Gasteiger partial charge in [-0.05, 0) is 42.0 Å². The summed E-state index contributed by atoms with van der Waals surface area (Å²) in [5.41, 5.74) is 2.57. The van der Waals surface area contributed by atoms with Gasteiger partial charge in [-0.25, -0.2) is 0 Å². The smallest absolute Gasteiger partial charge is 0.230 e. The van der Waals surface area contributed by atoms with Gasteiger partial charge in [-0.2, -0.15) is 0 Å². The van der Waals surface area contributed by atoms with Crippen molar-refractivity contribution in [2.75, 3.05) is 12.3 Å². The van der Waals surface area contributed by atoms with Crippen LogP contribution in [0.5, 0.6) is 5.75 Å². The second kappa shape index (κ2) is 10.7. The van der Waals surface area contributed by atoms with E-state index in [0.717, 1.165) is 18.0 Å². The molecule has 0 aliphatic rings. The summed E-state index contributed by atoms with van der Waals surface area (Å²) in [4.78, 5) is 12.2. The molecular weight excluding hydrogens is 420 g/mol. The van der Waals surface area contributed by atoms with Crippen molar-refractivity contribution in [2.24, 2.45) is 7.05 Å². The van der Waals surface area contributed by atoms with Crippen molar-refractivity contribution in [3.63, 3.8) is 0 Å². The molecule has 1 heterocycles. The van der Waals surface area contributed by atoms with Crippen LogP contribution in [-0.4, -0.2) is 33.0 Å². The summed E-state index contributed by atoms with van der Waals surface area (Å²) >= 11 is 1.37. The molecule has 0 bridgehead atoms. The molecule has 2 aromatic carbocycles. The minimum atomic E-state index is -0.262. The van der Waals surface area contributed by atoms with Gasteiger partial charge in [-0.3, -0.25) is 4.79 Å². The van der Waals surface area contributed by atoms with E-state index in [0.29, 0.717) is 17.5 Å². The molecule has 0 fully saturated rings. The summed E-state index contributed by atoms with van der Waals surface area (Å²) in [5.74, 6) is 1.79. The van der Waals surface area contributed by atoms with Crippen LogP contribution in [0.1, 0.15) is 50.8 Å². The van der Waals surface area contributed by atoms with Gasteiger partial charge in [0.05, 0.1) is 5.75 Å². The van der Waals surface area contributed by atoms with E-state index in [1.54, 1.807) is 0 Å². The Balaban J connectivity index is 1.49. The second-order valence-electron chi connectivity index (χ2n) is 8.81. The van der Waals surface area contributed by atoms with E-state index in [1.807, 2.05) is 48.9 Å². The zero-order valence-corrected chi connectivity index (χ0v) is 20.3. The van der Waals surface area contributed by atoms with Gasteiger partial charge in [0.15, 0.2) is 17.1 Å². The first-order chi connectivity index (χ1) is 15.2. The fourth-order valence-electron chi connectivity index (χ4n) is 3.27. The fourth-order valence-corrected chi connectivity index (χ4v) is 4.02. The van der Waals surface area contributed by atoms with Crippen LogP contribution in [0.3, 0.4) is 0 Å². The van der Waals surface area contributed by atoms with Gasteiger partial charge >= 0.3 is 0 Å². The SMILES string of the molecule is CC(Oc1ccc(C(C)(C)C)cc1)c1nnc(SCC(=O)NCCc2ccccc2)n1C. The fraction of sp³-hybridized carbons (Fsp3) is 0.400. The van der Waals surface area contributed by atoms with Gasteiger partial charge in [-0.1, -0.05) is 75.0 Å². The molecule has 3 rings (SSSR count). The molecule has 32 heavy (non-hydrogen) atoms. The van der Waals surface area contributed by atoms with E-state index in [9.17, 15) is 4.79 Å². The van der Waals surface area contributed by atoms with Crippen LogP contribution in [0.25, 0.3) is 0 Å². The van der Waals surface area contributed by atoms with Crippen LogP contribution in [0.4, 0.5) is 0 Å². The average Bonchev–Trinajstić information content (AvgIpc) is 3.13. The van der Waals surface area contributed by atoms with E-state index in [1.165, 1.54) is 22.9 Å². The molecule has 1 atom stereocenters. The predicted octanol–water partition coefficient (Wildman–Crippen LogP) is 4.70. The summed E-state index contributed by atoms with van der Waals surface area (Å²) in [6, 6.07) is 18.3. The number of nitrogens with zero attached hydrogens (tertiary/aromatic N) is 3. The summed E-state index contributed by atoms with van der Waals surface area (Å²) < 4.78 is 7.96. The van der Waals surface area contributed by atoms with E-state index >= 15 is 0 Å². The highest BCUT2D eigenvalue weighted by atomic mass is 32.2. The zero-order valence-electron chi connectivity index (χ0n) is 19.5. The molecule has 7 heteroatoms. The molecule has 0 radical (unpaired) electrons. The normalized spacial score (nSPS) is 12.4. The number of thioether (sulfide) groups is 1. The van der Waals surface area contributed by atoms with Crippen LogP contribution >= 0.6 is 11.8 Å². The van der Waals surface area contributed by atoms with Crippen LogP contribution in [0.2, 0.25) is 0 Å². The molecule has 170 valence electrons. The molecule has 1 aromatic heterocycles. The quantitative estimate of drug-likeness (QED) is 0.477. The summed E-state index contributed by atoms with van der Waals surface area (Å²) in [5, 5.41) is 12.2. The van der Waals surface area contributed by atoms with E-state index in [2.05, 4.69) is 60.6 Å². The topological polar surface area (TPSA) is 69.0 Å². The molecule has 0 saturated heterocycles. The lowest BCUT2D eigenvalue weighted by molar-refractivity contribution is -0.118. The van der Waals surface area contributed by atoms with Gasteiger partial charge in [0, 0.05) is 13.6 Å². The molecule has 0 saturated carbocycles. The lowest BCUT2D eigenvalue weighted by atomic mass is 9.87. The molecule has 3 aromatic rings. The van der Waals surface area contributed by atoms with Crippen molar-refractivity contribution in [1.82, 2.24) is 20.1 Å². The number of carbonyl (C=O) groups excluding carboxylic acids is 1. The number of benzene rings is 2. The number of amides is 1. The average molecular weight is 453 g/mol. The van der Waals surface area contributed by atoms with Crippen LogP contribution < -0.4 is 10.1 Å². The van der Waals surface area contributed by atoms with Crippen molar-refractivity contribution in [3.8, 4) is 5.75 Å². The van der Waals surface area contributed by atoms with Gasteiger partial charge < -0.3 is 14.6 Å². The Bertz CT molecular complexity index is 1010. The molecule has 0 aliphatic carbocycles. The highest BCUT2D eigenvalue weighted by molar-refractivity contribution is 7.99. The van der Waals surface area contributed by atoms with Crippen LogP contribution in [-0.2, 0) is 23.7 Å². The second-order valence-corrected chi connectivity index (χ2v) is 9.75. The monoisotopic (exact) mass is 452 g/mol. The Labute approximate surface area is 194 Å². The van der Waals surface area contributed by atoms with Gasteiger partial charge in [0.25, 0.3) is 0 Å². The Hall–Kier alpha value is -2.80. The lowest BCUT2D eigenvalue weighted by Crippen LogP contribution is -2.27. The zero-order chi connectivity index (χ0) is 23.1. The molecule has 1 N–H and O–H groups in total. The van der Waals surface area contributed by atoms with Gasteiger partial charge in [0.2, 0.25) is 5.91 Å². The van der Waals surface area contributed by atoms with Crippen LogP contribution in [0.15, 0.2) is 59.8 Å². The Morgan fingerprint density at radius 3 is 2.44 bits per heavy atom. The highest BCUT2D eigenvalue weighted by Gasteiger charge is 2.19. The first-order valence-corrected chi connectivity index (χ1v) is 11.8. The van der Waals surface area contributed by atoms with Crippen molar-refractivity contribution >= 4 is 17.7 Å². The molecule has 1 unspecified atom stereocenters. The number of hydrogen-bond acceptors (Lipinski definition) is 5. The third kappa shape index (κ3) is 6.60. The van der Waals surface area contributed by atoms with E-state index < -0.39 is 0 Å². The predicted molar refractivity (Wildman–Crippen MR) is 129 cm³/mol. The first-order valence-electron chi connectivity index (χ1n) is 10.8. The third-order valence-corrected chi connectivity index (χ3v) is 6.20. The Morgan fingerprint density at radius 2 is 1.78 bits per heavy atom. The standard InChI is InChI=1S/C25H32N4O2S/c1-18(31-21-13-11-20(12-14-21)25(2,3)4)23-27-28-24(29(23)5)32-17-22(30)26-16-15-19-9-7-6-8-10-19/h6-14,18H,15-17H2,1-5H3,(H,26,30). The third-order valence-electron chi connectivity index (χ3n) is 5.18. The molecule has 0 spiro atoms. The van der Waals surface area contributed by atoms with E-state index in [-0.39, 0.29) is 17.4 Å². The van der Waals surface area contributed by atoms with Crippen molar-refractivity contribution in [2.45, 2.75) is 50.8 Å². The van der Waals surface area contributed by atoms with Crippen molar-refractivity contribution in [3.05, 3.63) is 71.5 Å². The van der Waals surface area contributed by atoms with Crippen molar-refractivity contribution < 1.29 is 9.53 Å². The number of aromatic nitrogens is 3. The molecular formula is C25H32N4O2S. The van der Waals surface area contributed by atoms with E-state index in [4.69, 9.17) is 4.74 Å². The maximum Gasteiger partial charge on any atom is 0.230 e. The maximum absolute atomic E-state index is 12.2.